The summed E-state index contributed by atoms with van der Waals surface area (Å²) in [6, 6.07) is 0. The lowest BCUT2D eigenvalue weighted by Gasteiger charge is -2.18. The van der Waals surface area contributed by atoms with Crippen LogP contribution in [0.1, 0.15) is 297 Å². The van der Waals surface area contributed by atoms with Crippen molar-refractivity contribution in [3.63, 3.8) is 0 Å². The van der Waals surface area contributed by atoms with Gasteiger partial charge in [-0.15, -0.1) is 0 Å². The summed E-state index contributed by atoms with van der Waals surface area (Å²) in [6.45, 7) is 6.52. The maximum absolute atomic E-state index is 12.9. The lowest BCUT2D eigenvalue weighted by molar-refractivity contribution is -0.167. The van der Waals surface area contributed by atoms with Crippen molar-refractivity contribution in [2.24, 2.45) is 0 Å². The van der Waals surface area contributed by atoms with Crippen molar-refractivity contribution >= 4 is 17.9 Å². The number of hydrogen-bond donors (Lipinski definition) is 0. The summed E-state index contributed by atoms with van der Waals surface area (Å²) >= 11 is 0. The smallest absolute Gasteiger partial charge is 0.306 e. The largest absolute Gasteiger partial charge is 0.462 e. The molecule has 0 bridgehead atoms. The van der Waals surface area contributed by atoms with Gasteiger partial charge in [0.2, 0.25) is 0 Å². The maximum atomic E-state index is 12.9. The van der Waals surface area contributed by atoms with Crippen LogP contribution in [0.3, 0.4) is 0 Å². The van der Waals surface area contributed by atoms with Crippen LogP contribution in [-0.4, -0.2) is 37.2 Å². The highest BCUT2D eigenvalue weighted by Crippen LogP contribution is 2.16. The van der Waals surface area contributed by atoms with Gasteiger partial charge in [0.25, 0.3) is 0 Å². The van der Waals surface area contributed by atoms with E-state index in [2.05, 4.69) is 106 Å². The van der Waals surface area contributed by atoms with E-state index in [4.69, 9.17) is 14.2 Å². The molecule has 0 rings (SSSR count). The second kappa shape index (κ2) is 60.1. The molecule has 0 amide bonds. The lowest BCUT2D eigenvalue weighted by Crippen LogP contribution is -2.30. The second-order valence-electron chi connectivity index (χ2n) is 20.2. The maximum Gasteiger partial charge on any atom is 0.306 e. The van der Waals surface area contributed by atoms with Gasteiger partial charge in [-0.2, -0.15) is 0 Å². The van der Waals surface area contributed by atoms with Gasteiger partial charge >= 0.3 is 17.9 Å². The van der Waals surface area contributed by atoms with Crippen LogP contribution in [0.15, 0.2) is 85.1 Å². The number of carbonyl (C=O) groups is 3. The van der Waals surface area contributed by atoms with Crippen molar-refractivity contribution < 1.29 is 28.6 Å². The van der Waals surface area contributed by atoms with Crippen molar-refractivity contribution in [3.8, 4) is 0 Å². The molecular formula is C66H114O6. The first-order chi connectivity index (χ1) is 35.5. The first kappa shape index (κ1) is 68.6. The standard InChI is InChI=1S/C66H114O6/c1-4-7-10-13-16-19-22-25-28-29-30-31-32-33-34-35-36-37-39-41-44-47-50-53-56-59-65(68)71-62-63(61-70-64(67)58-55-52-49-46-43-40-27-24-21-18-15-12-9-6-3)72-66(69)60-57-54-51-48-45-42-38-26-23-20-17-14-11-8-5-2/h7,10,16,19,24-25,27-28,30-31,33-34,36-37,63H,4-6,8-9,11-15,17-18,20-23,26,29,32,35,38-62H2,1-3H3/b10-7-,19-16-,27-24-,28-25-,31-30-,34-33-,37-36-. The molecule has 0 fully saturated rings. The number of esters is 3. The fraction of sp³-hybridized carbons (Fsp3) is 0.742. The molecule has 6 nitrogen and oxygen atoms in total. The molecular weight excluding hydrogens is 889 g/mol. The van der Waals surface area contributed by atoms with Gasteiger partial charge in [0.1, 0.15) is 13.2 Å². The Kier molecular flexibility index (Phi) is 57.3. The van der Waals surface area contributed by atoms with Crippen LogP contribution in [0.2, 0.25) is 0 Å². The number of allylic oxidation sites excluding steroid dienone is 14. The number of rotatable bonds is 55. The molecule has 1 atom stereocenters. The molecule has 0 aromatic rings. The van der Waals surface area contributed by atoms with Crippen LogP contribution in [0, 0.1) is 0 Å². The van der Waals surface area contributed by atoms with Crippen molar-refractivity contribution in [3.05, 3.63) is 85.1 Å². The molecule has 1 unspecified atom stereocenters. The predicted octanol–water partition coefficient (Wildman–Crippen LogP) is 20.7. The number of carbonyl (C=O) groups excluding carboxylic acids is 3. The van der Waals surface area contributed by atoms with Crippen molar-refractivity contribution in [1.82, 2.24) is 0 Å². The van der Waals surface area contributed by atoms with Crippen LogP contribution >= 0.6 is 0 Å². The fourth-order valence-corrected chi connectivity index (χ4v) is 8.56. The third-order valence-corrected chi connectivity index (χ3v) is 13.1. The normalized spacial score (nSPS) is 12.7. The minimum Gasteiger partial charge on any atom is -0.462 e. The van der Waals surface area contributed by atoms with E-state index in [1.807, 2.05) is 0 Å². The molecule has 0 aliphatic rings. The predicted molar refractivity (Wildman–Crippen MR) is 311 cm³/mol. The molecule has 0 N–H and O–H groups in total. The van der Waals surface area contributed by atoms with E-state index in [-0.39, 0.29) is 31.1 Å². The molecule has 414 valence electrons. The van der Waals surface area contributed by atoms with E-state index in [9.17, 15) is 14.4 Å². The summed E-state index contributed by atoms with van der Waals surface area (Å²) in [5.74, 6) is -0.895. The van der Waals surface area contributed by atoms with Crippen molar-refractivity contribution in [1.29, 1.82) is 0 Å². The van der Waals surface area contributed by atoms with Crippen LogP contribution in [-0.2, 0) is 28.6 Å². The summed E-state index contributed by atoms with van der Waals surface area (Å²) < 4.78 is 16.9. The molecule has 0 aliphatic heterocycles. The van der Waals surface area contributed by atoms with Gasteiger partial charge in [-0.25, -0.2) is 0 Å². The van der Waals surface area contributed by atoms with Crippen molar-refractivity contribution in [2.75, 3.05) is 13.2 Å². The average Bonchev–Trinajstić information content (AvgIpc) is 3.38. The lowest BCUT2D eigenvalue weighted by atomic mass is 10.0. The average molecular weight is 1000 g/mol. The van der Waals surface area contributed by atoms with Gasteiger partial charge in [0.05, 0.1) is 0 Å². The zero-order valence-corrected chi connectivity index (χ0v) is 47.4. The minimum absolute atomic E-state index is 0.0831. The van der Waals surface area contributed by atoms with Gasteiger partial charge in [-0.1, -0.05) is 266 Å². The van der Waals surface area contributed by atoms with E-state index in [0.717, 1.165) is 116 Å². The number of unbranched alkanes of at least 4 members (excludes halogenated alkanes) is 30. The summed E-state index contributed by atoms with van der Waals surface area (Å²) in [5, 5.41) is 0. The van der Waals surface area contributed by atoms with Crippen molar-refractivity contribution in [2.45, 2.75) is 303 Å². The molecule has 0 saturated carbocycles. The minimum atomic E-state index is -0.785. The Balaban J connectivity index is 4.36. The third-order valence-electron chi connectivity index (χ3n) is 13.1. The van der Waals surface area contributed by atoms with E-state index in [1.165, 1.54) is 141 Å². The number of ether oxygens (including phenoxy) is 3. The molecule has 0 radical (unpaired) electrons. The molecule has 0 aromatic carbocycles. The van der Waals surface area contributed by atoms with Gasteiger partial charge in [0, 0.05) is 19.3 Å². The quantitative estimate of drug-likeness (QED) is 0.0261. The van der Waals surface area contributed by atoms with Gasteiger partial charge in [-0.05, 0) is 96.3 Å². The monoisotopic (exact) mass is 1000 g/mol. The molecule has 6 heteroatoms. The molecule has 0 heterocycles. The van der Waals surface area contributed by atoms with Crippen LogP contribution < -0.4 is 0 Å². The summed E-state index contributed by atoms with van der Waals surface area (Å²) in [5.41, 5.74) is 0. The first-order valence-electron chi connectivity index (χ1n) is 30.6. The first-order valence-corrected chi connectivity index (χ1v) is 30.6. The Morgan fingerprint density at radius 3 is 0.861 bits per heavy atom. The van der Waals surface area contributed by atoms with Gasteiger partial charge in [0.15, 0.2) is 6.10 Å². The Morgan fingerprint density at radius 2 is 0.542 bits per heavy atom. The number of hydrogen-bond acceptors (Lipinski definition) is 6. The van der Waals surface area contributed by atoms with Gasteiger partial charge < -0.3 is 14.2 Å². The van der Waals surface area contributed by atoms with Gasteiger partial charge in [-0.3, -0.25) is 14.4 Å². The third kappa shape index (κ3) is 57.5. The van der Waals surface area contributed by atoms with E-state index >= 15 is 0 Å². The second-order valence-corrected chi connectivity index (χ2v) is 20.2. The fourth-order valence-electron chi connectivity index (χ4n) is 8.56. The molecule has 72 heavy (non-hydrogen) atoms. The molecule has 0 aromatic heterocycles. The zero-order chi connectivity index (χ0) is 52.2. The zero-order valence-electron chi connectivity index (χ0n) is 47.4. The van der Waals surface area contributed by atoms with Crippen LogP contribution in [0.4, 0.5) is 0 Å². The Labute approximate surface area is 445 Å². The highest BCUT2D eigenvalue weighted by Gasteiger charge is 2.19. The Morgan fingerprint density at radius 1 is 0.292 bits per heavy atom. The SMILES string of the molecule is CC/C=C\C/C=C\C/C=C\C/C=C\C/C=C\C/C=C\CCCCCCCCC(=O)OCC(COC(=O)CCCCCCC/C=C\CCCCCCC)OC(=O)CCCCCCCCCCCCCCCCC. The molecule has 0 spiro atoms. The topological polar surface area (TPSA) is 78.9 Å². The highest BCUT2D eigenvalue weighted by atomic mass is 16.6. The van der Waals surface area contributed by atoms with E-state index < -0.39 is 6.10 Å². The highest BCUT2D eigenvalue weighted by molar-refractivity contribution is 5.71. The van der Waals surface area contributed by atoms with Crippen LogP contribution in [0.5, 0.6) is 0 Å². The van der Waals surface area contributed by atoms with E-state index in [1.54, 1.807) is 0 Å². The summed E-state index contributed by atoms with van der Waals surface area (Å²) in [7, 11) is 0. The van der Waals surface area contributed by atoms with E-state index in [0.29, 0.717) is 19.3 Å². The summed E-state index contributed by atoms with van der Waals surface area (Å²) in [6.07, 6.45) is 78.6. The Bertz CT molecular complexity index is 1380. The molecule has 0 aliphatic carbocycles. The summed E-state index contributed by atoms with van der Waals surface area (Å²) in [4.78, 5) is 38.2. The van der Waals surface area contributed by atoms with Crippen LogP contribution in [0.25, 0.3) is 0 Å². The Hall–Kier alpha value is -3.41. The molecule has 0 saturated heterocycles.